The Kier molecular flexibility index (Phi) is 4.98. The highest BCUT2D eigenvalue weighted by Gasteiger charge is 2.01. The molecule has 1 unspecified atom stereocenters. The molecule has 0 aliphatic rings. The molecule has 2 nitrogen and oxygen atoms in total. The van der Waals surface area contributed by atoms with E-state index in [9.17, 15) is 5.11 Å². The second-order valence-electron chi connectivity index (χ2n) is 3.30. The molecule has 0 spiro atoms. The van der Waals surface area contributed by atoms with E-state index in [-0.39, 0.29) is 0 Å². The molecular formula is C11H17NOS. The largest absolute Gasteiger partial charge is 0.387 e. The zero-order valence-electron chi connectivity index (χ0n) is 8.73. The molecule has 0 saturated carbocycles. The van der Waals surface area contributed by atoms with Crippen LogP contribution in [0.25, 0.3) is 0 Å². The fourth-order valence-corrected chi connectivity index (χ4v) is 2.02. The Hall–Kier alpha value is -0.540. The monoisotopic (exact) mass is 211 g/mol. The van der Waals surface area contributed by atoms with E-state index in [4.69, 9.17) is 0 Å². The summed E-state index contributed by atoms with van der Waals surface area (Å²) in [6.45, 7) is 3.92. The highest BCUT2D eigenvalue weighted by Crippen LogP contribution is 2.19. The number of aliphatic hydroxyl groups excluding tert-OH is 1. The third-order valence-electron chi connectivity index (χ3n) is 1.95. The van der Waals surface area contributed by atoms with Gasteiger partial charge in [0.2, 0.25) is 0 Å². The zero-order chi connectivity index (χ0) is 10.4. The van der Waals surface area contributed by atoms with Crippen molar-refractivity contribution in [2.75, 3.05) is 5.75 Å². The van der Waals surface area contributed by atoms with Crippen molar-refractivity contribution < 1.29 is 5.11 Å². The van der Waals surface area contributed by atoms with Crippen LogP contribution < -0.4 is 0 Å². The van der Waals surface area contributed by atoms with Crippen LogP contribution in [0.3, 0.4) is 0 Å². The maximum atomic E-state index is 9.26. The van der Waals surface area contributed by atoms with Crippen LogP contribution in [0.2, 0.25) is 0 Å². The summed E-state index contributed by atoms with van der Waals surface area (Å²) >= 11 is 1.82. The smallest absolute Gasteiger partial charge is 0.0931 e. The van der Waals surface area contributed by atoms with E-state index in [0.29, 0.717) is 0 Å². The van der Waals surface area contributed by atoms with E-state index < -0.39 is 6.10 Å². The van der Waals surface area contributed by atoms with Gasteiger partial charge in [-0.1, -0.05) is 13.3 Å². The van der Waals surface area contributed by atoms with Gasteiger partial charge in [0.15, 0.2) is 0 Å². The van der Waals surface area contributed by atoms with Gasteiger partial charge < -0.3 is 5.11 Å². The molecule has 1 N–H and O–H groups in total. The van der Waals surface area contributed by atoms with Crippen molar-refractivity contribution in [3.05, 3.63) is 24.0 Å². The van der Waals surface area contributed by atoms with E-state index >= 15 is 0 Å². The summed E-state index contributed by atoms with van der Waals surface area (Å²) in [6.07, 6.45) is 3.84. The molecule has 14 heavy (non-hydrogen) atoms. The van der Waals surface area contributed by atoms with Gasteiger partial charge in [0.1, 0.15) is 0 Å². The van der Waals surface area contributed by atoms with E-state index in [1.165, 1.54) is 17.7 Å². The molecule has 0 aromatic carbocycles. The van der Waals surface area contributed by atoms with E-state index in [1.807, 2.05) is 30.1 Å². The highest BCUT2D eigenvalue weighted by atomic mass is 32.2. The Balaban J connectivity index is 2.47. The van der Waals surface area contributed by atoms with E-state index in [2.05, 4.69) is 11.9 Å². The number of thioether (sulfide) groups is 1. The lowest BCUT2D eigenvalue weighted by atomic mass is 10.2. The molecule has 1 aromatic rings. The normalized spacial score (nSPS) is 12.8. The number of aliphatic hydroxyl groups is 1. The minimum Gasteiger partial charge on any atom is -0.387 e. The predicted molar refractivity (Wildman–Crippen MR) is 60.5 cm³/mol. The summed E-state index contributed by atoms with van der Waals surface area (Å²) in [4.78, 5) is 5.37. The lowest BCUT2D eigenvalue weighted by Gasteiger charge is -2.04. The Morgan fingerprint density at radius 1 is 1.50 bits per heavy atom. The van der Waals surface area contributed by atoms with Crippen LogP contribution in [-0.2, 0) is 0 Å². The van der Waals surface area contributed by atoms with Crippen molar-refractivity contribution in [2.45, 2.75) is 37.7 Å². The molecule has 78 valence electrons. The topological polar surface area (TPSA) is 33.1 Å². The number of nitrogens with zero attached hydrogens (tertiary/aromatic N) is 1. The fraction of sp³-hybridized carbons (Fsp3) is 0.545. The minimum absolute atomic E-state index is 0.468. The zero-order valence-corrected chi connectivity index (χ0v) is 9.55. The number of hydrogen-bond acceptors (Lipinski definition) is 3. The van der Waals surface area contributed by atoms with E-state index in [1.54, 1.807) is 6.92 Å². The molecule has 0 saturated heterocycles. The van der Waals surface area contributed by atoms with Gasteiger partial charge >= 0.3 is 0 Å². The van der Waals surface area contributed by atoms with Crippen LogP contribution in [0.1, 0.15) is 38.5 Å². The molecule has 0 aliphatic carbocycles. The molecule has 3 heteroatoms. The quantitative estimate of drug-likeness (QED) is 0.600. The van der Waals surface area contributed by atoms with Gasteiger partial charge in [-0.05, 0) is 31.2 Å². The fourth-order valence-electron chi connectivity index (χ4n) is 1.06. The first-order chi connectivity index (χ1) is 6.74. The molecule has 1 rings (SSSR count). The summed E-state index contributed by atoms with van der Waals surface area (Å²) in [6, 6.07) is 3.91. The number of unbranched alkanes of at least 4 members (excludes halogenated alkanes) is 1. The second kappa shape index (κ2) is 6.04. The van der Waals surface area contributed by atoms with Gasteiger partial charge in [-0.25, -0.2) is 0 Å². The third kappa shape index (κ3) is 3.68. The van der Waals surface area contributed by atoms with Gasteiger partial charge in [0.05, 0.1) is 11.8 Å². The molecule has 1 aromatic heterocycles. The number of pyridine rings is 1. The summed E-state index contributed by atoms with van der Waals surface area (Å²) in [5, 5.41) is 9.26. The first-order valence-electron chi connectivity index (χ1n) is 5.01. The van der Waals surface area contributed by atoms with Crippen molar-refractivity contribution >= 4 is 11.8 Å². The summed E-state index contributed by atoms with van der Waals surface area (Å²) in [5.74, 6) is 1.15. The lowest BCUT2D eigenvalue weighted by molar-refractivity contribution is 0.194. The first kappa shape index (κ1) is 11.5. The van der Waals surface area contributed by atoms with Gasteiger partial charge in [-0.3, -0.25) is 4.98 Å². The molecular weight excluding hydrogens is 194 g/mol. The summed E-state index contributed by atoms with van der Waals surface area (Å²) in [7, 11) is 0. The van der Waals surface area contributed by atoms with Crippen LogP contribution >= 0.6 is 11.8 Å². The Bertz CT molecular complexity index is 258. The van der Waals surface area contributed by atoms with Gasteiger partial charge in [-0.2, -0.15) is 0 Å². The molecule has 1 heterocycles. The molecule has 0 amide bonds. The lowest BCUT2D eigenvalue weighted by Crippen LogP contribution is -1.94. The standard InChI is InChI=1S/C11H17NOS/c1-3-4-7-14-10-5-6-11(9(2)13)12-8-10/h5-6,8-9,13H,3-4,7H2,1-2H3. The van der Waals surface area contributed by atoms with Gasteiger partial charge in [0.25, 0.3) is 0 Å². The summed E-state index contributed by atoms with van der Waals surface area (Å²) in [5.41, 5.74) is 0.741. The average molecular weight is 211 g/mol. The van der Waals surface area contributed by atoms with Crippen LogP contribution in [-0.4, -0.2) is 15.8 Å². The van der Waals surface area contributed by atoms with Crippen molar-refractivity contribution in [3.63, 3.8) is 0 Å². The molecule has 0 radical (unpaired) electrons. The number of hydrogen-bond donors (Lipinski definition) is 1. The maximum absolute atomic E-state index is 9.26. The minimum atomic E-state index is -0.468. The first-order valence-corrected chi connectivity index (χ1v) is 5.99. The molecule has 0 fully saturated rings. The van der Waals surface area contributed by atoms with Crippen molar-refractivity contribution in [1.29, 1.82) is 0 Å². The Morgan fingerprint density at radius 2 is 2.29 bits per heavy atom. The Labute approximate surface area is 89.8 Å². The number of aromatic nitrogens is 1. The van der Waals surface area contributed by atoms with Crippen LogP contribution in [0, 0.1) is 0 Å². The SMILES string of the molecule is CCCCSc1ccc(C(C)O)nc1. The van der Waals surface area contributed by atoms with E-state index in [0.717, 1.165) is 11.4 Å². The number of rotatable bonds is 5. The average Bonchev–Trinajstić information content (AvgIpc) is 2.19. The highest BCUT2D eigenvalue weighted by molar-refractivity contribution is 7.99. The second-order valence-corrected chi connectivity index (χ2v) is 4.47. The maximum Gasteiger partial charge on any atom is 0.0931 e. The van der Waals surface area contributed by atoms with Gasteiger partial charge in [-0.15, -0.1) is 11.8 Å². The molecule has 1 atom stereocenters. The molecule has 0 bridgehead atoms. The van der Waals surface area contributed by atoms with Crippen LogP contribution in [0.15, 0.2) is 23.2 Å². The van der Waals surface area contributed by atoms with Gasteiger partial charge in [0, 0.05) is 11.1 Å². The van der Waals surface area contributed by atoms with Crippen LogP contribution in [0.4, 0.5) is 0 Å². The van der Waals surface area contributed by atoms with Crippen molar-refractivity contribution in [2.24, 2.45) is 0 Å². The third-order valence-corrected chi connectivity index (χ3v) is 3.02. The Morgan fingerprint density at radius 3 is 2.79 bits per heavy atom. The summed E-state index contributed by atoms with van der Waals surface area (Å²) < 4.78 is 0. The van der Waals surface area contributed by atoms with Crippen molar-refractivity contribution in [1.82, 2.24) is 4.98 Å². The predicted octanol–water partition coefficient (Wildman–Crippen LogP) is 3.03. The van der Waals surface area contributed by atoms with Crippen LogP contribution in [0.5, 0.6) is 0 Å². The van der Waals surface area contributed by atoms with Crippen molar-refractivity contribution in [3.8, 4) is 0 Å². The molecule has 0 aliphatic heterocycles.